The van der Waals surface area contributed by atoms with Gasteiger partial charge >= 0.3 is 5.97 Å². The summed E-state index contributed by atoms with van der Waals surface area (Å²) in [6.07, 6.45) is 2.62. The lowest BCUT2D eigenvalue weighted by Gasteiger charge is -2.23. The van der Waals surface area contributed by atoms with E-state index in [0.29, 0.717) is 5.15 Å². The van der Waals surface area contributed by atoms with E-state index in [4.69, 9.17) is 16.3 Å². The molecule has 3 nitrogen and oxygen atoms in total. The minimum Gasteiger partial charge on any atom is -0.456 e. The Labute approximate surface area is 93.4 Å². The minimum absolute atomic E-state index is 0.218. The zero-order chi connectivity index (χ0) is 10.8. The number of carbonyl (C=O) groups excluding carboxylic acids is 1. The molecule has 80 valence electrons. The molecule has 0 spiro atoms. The Morgan fingerprint density at radius 1 is 1.60 bits per heavy atom. The molecule has 0 bridgehead atoms. The van der Waals surface area contributed by atoms with Gasteiger partial charge in [-0.1, -0.05) is 17.7 Å². The maximum Gasteiger partial charge on any atom is 0.303 e. The number of esters is 1. The molecule has 0 unspecified atom stereocenters. The Morgan fingerprint density at radius 3 is 3.13 bits per heavy atom. The summed E-state index contributed by atoms with van der Waals surface area (Å²) in [7, 11) is 0. The minimum atomic E-state index is -0.269. The first-order valence-corrected chi connectivity index (χ1v) is 5.37. The van der Waals surface area contributed by atoms with Crippen LogP contribution in [0.4, 0.5) is 0 Å². The molecule has 1 aliphatic rings. The Kier molecular flexibility index (Phi) is 2.91. The van der Waals surface area contributed by atoms with E-state index in [2.05, 4.69) is 4.98 Å². The Bertz CT molecular complexity index is 392. The van der Waals surface area contributed by atoms with Gasteiger partial charge in [-0.2, -0.15) is 0 Å². The van der Waals surface area contributed by atoms with Crippen molar-refractivity contribution in [2.75, 3.05) is 0 Å². The lowest BCUT2D eigenvalue weighted by atomic mass is 9.94. The second-order valence-corrected chi connectivity index (χ2v) is 4.06. The van der Waals surface area contributed by atoms with Gasteiger partial charge in [-0.25, -0.2) is 4.98 Å². The molecule has 0 radical (unpaired) electrons. The number of carbonyl (C=O) groups is 1. The van der Waals surface area contributed by atoms with E-state index in [1.54, 1.807) is 6.07 Å². The molecule has 0 amide bonds. The van der Waals surface area contributed by atoms with Gasteiger partial charge in [0.25, 0.3) is 0 Å². The number of nitrogens with zero attached hydrogens (tertiary/aromatic N) is 1. The van der Waals surface area contributed by atoms with E-state index in [9.17, 15) is 4.79 Å². The highest BCUT2D eigenvalue weighted by Gasteiger charge is 2.24. The zero-order valence-corrected chi connectivity index (χ0v) is 9.25. The lowest BCUT2D eigenvalue weighted by molar-refractivity contribution is -0.147. The number of rotatable bonds is 1. The van der Waals surface area contributed by atoms with Crippen LogP contribution in [0, 0.1) is 0 Å². The van der Waals surface area contributed by atoms with Crippen molar-refractivity contribution in [1.82, 2.24) is 4.98 Å². The van der Waals surface area contributed by atoms with Crippen LogP contribution in [0.1, 0.15) is 37.1 Å². The predicted molar refractivity (Wildman–Crippen MR) is 56.7 cm³/mol. The highest BCUT2D eigenvalue weighted by molar-refractivity contribution is 6.29. The van der Waals surface area contributed by atoms with Crippen molar-refractivity contribution in [1.29, 1.82) is 0 Å². The SMILES string of the molecule is CC(=O)O[C@H]1CCCc2ccc(Cl)nc21. The van der Waals surface area contributed by atoms with Crippen LogP contribution in [-0.4, -0.2) is 11.0 Å². The summed E-state index contributed by atoms with van der Waals surface area (Å²) in [6, 6.07) is 3.73. The molecule has 15 heavy (non-hydrogen) atoms. The second kappa shape index (κ2) is 4.19. The number of pyridine rings is 1. The fourth-order valence-corrected chi connectivity index (χ4v) is 2.05. The molecule has 4 heteroatoms. The number of aryl methyl sites for hydroxylation is 1. The topological polar surface area (TPSA) is 39.2 Å². The number of hydrogen-bond acceptors (Lipinski definition) is 3. The fourth-order valence-electron chi connectivity index (χ4n) is 1.90. The summed E-state index contributed by atoms with van der Waals surface area (Å²) >= 11 is 5.83. The molecule has 2 rings (SSSR count). The normalized spacial score (nSPS) is 19.5. The van der Waals surface area contributed by atoms with E-state index >= 15 is 0 Å². The standard InChI is InChI=1S/C11H12ClNO2/c1-7(14)15-9-4-2-3-8-5-6-10(12)13-11(8)9/h5-6,9H,2-4H2,1H3/t9-/m0/s1. The van der Waals surface area contributed by atoms with Crippen LogP contribution in [0.3, 0.4) is 0 Å². The maximum absolute atomic E-state index is 10.9. The summed E-state index contributed by atoms with van der Waals surface area (Å²) < 4.78 is 5.21. The summed E-state index contributed by atoms with van der Waals surface area (Å²) in [5.41, 5.74) is 1.96. The molecule has 0 N–H and O–H groups in total. The summed E-state index contributed by atoms with van der Waals surface area (Å²) in [6.45, 7) is 1.42. The molecule has 0 aliphatic heterocycles. The van der Waals surface area contributed by atoms with Crippen LogP contribution in [-0.2, 0) is 16.0 Å². The molecule has 0 aromatic carbocycles. The summed E-state index contributed by atoms with van der Waals surface area (Å²) in [4.78, 5) is 15.2. The van der Waals surface area contributed by atoms with Crippen LogP contribution < -0.4 is 0 Å². The maximum atomic E-state index is 10.9. The van der Waals surface area contributed by atoms with Crippen molar-refractivity contribution >= 4 is 17.6 Å². The molecular formula is C11H12ClNO2. The molecule has 0 fully saturated rings. The third-order valence-corrected chi connectivity index (χ3v) is 2.71. The first kappa shape index (κ1) is 10.4. The van der Waals surface area contributed by atoms with Gasteiger partial charge in [0.1, 0.15) is 11.3 Å². The molecule has 1 atom stereocenters. The number of ether oxygens (including phenoxy) is 1. The summed E-state index contributed by atoms with van der Waals surface area (Å²) in [5, 5.41) is 0.452. The van der Waals surface area contributed by atoms with Crippen molar-refractivity contribution < 1.29 is 9.53 Å². The van der Waals surface area contributed by atoms with Gasteiger partial charge < -0.3 is 4.74 Å². The molecule has 0 saturated carbocycles. The van der Waals surface area contributed by atoms with E-state index < -0.39 is 0 Å². The Hall–Kier alpha value is -1.09. The predicted octanol–water partition coefficient (Wildman–Crippen LogP) is 2.68. The van der Waals surface area contributed by atoms with Crippen molar-refractivity contribution in [2.45, 2.75) is 32.3 Å². The van der Waals surface area contributed by atoms with Crippen molar-refractivity contribution in [3.05, 3.63) is 28.5 Å². The molecule has 1 heterocycles. The highest BCUT2D eigenvalue weighted by atomic mass is 35.5. The molecule has 1 aromatic rings. The van der Waals surface area contributed by atoms with Gasteiger partial charge in [0.05, 0.1) is 5.69 Å². The van der Waals surface area contributed by atoms with Crippen LogP contribution in [0.25, 0.3) is 0 Å². The number of aromatic nitrogens is 1. The van der Waals surface area contributed by atoms with E-state index in [1.807, 2.05) is 6.07 Å². The smallest absolute Gasteiger partial charge is 0.303 e. The number of halogens is 1. The average molecular weight is 226 g/mol. The monoisotopic (exact) mass is 225 g/mol. The summed E-state index contributed by atoms with van der Waals surface area (Å²) in [5.74, 6) is -0.269. The molecular weight excluding hydrogens is 214 g/mol. The van der Waals surface area contributed by atoms with Crippen molar-refractivity contribution in [3.63, 3.8) is 0 Å². The lowest BCUT2D eigenvalue weighted by Crippen LogP contribution is -2.16. The van der Waals surface area contributed by atoms with Crippen molar-refractivity contribution in [2.24, 2.45) is 0 Å². The van der Waals surface area contributed by atoms with E-state index in [-0.39, 0.29) is 12.1 Å². The van der Waals surface area contributed by atoms with Gasteiger partial charge in [-0.3, -0.25) is 4.79 Å². The average Bonchev–Trinajstić information content (AvgIpc) is 2.18. The van der Waals surface area contributed by atoms with Gasteiger partial charge in [0.2, 0.25) is 0 Å². The van der Waals surface area contributed by atoms with Gasteiger partial charge in [0.15, 0.2) is 0 Å². The van der Waals surface area contributed by atoms with Crippen molar-refractivity contribution in [3.8, 4) is 0 Å². The Balaban J connectivity index is 2.32. The van der Waals surface area contributed by atoms with Crippen LogP contribution in [0.2, 0.25) is 5.15 Å². The number of fused-ring (bicyclic) bond motifs is 1. The second-order valence-electron chi connectivity index (χ2n) is 3.67. The van der Waals surface area contributed by atoms with E-state index in [0.717, 1.165) is 30.5 Å². The quantitative estimate of drug-likeness (QED) is 0.545. The highest BCUT2D eigenvalue weighted by Crippen LogP contribution is 2.31. The molecule has 1 aliphatic carbocycles. The van der Waals surface area contributed by atoms with Crippen LogP contribution in [0.15, 0.2) is 12.1 Å². The van der Waals surface area contributed by atoms with E-state index in [1.165, 1.54) is 6.92 Å². The first-order valence-electron chi connectivity index (χ1n) is 4.99. The van der Waals surface area contributed by atoms with Crippen LogP contribution in [0.5, 0.6) is 0 Å². The molecule has 1 aromatic heterocycles. The van der Waals surface area contributed by atoms with Crippen LogP contribution >= 0.6 is 11.6 Å². The first-order chi connectivity index (χ1) is 7.16. The number of hydrogen-bond donors (Lipinski definition) is 0. The zero-order valence-electron chi connectivity index (χ0n) is 8.50. The fraction of sp³-hybridized carbons (Fsp3) is 0.455. The third kappa shape index (κ3) is 2.29. The largest absolute Gasteiger partial charge is 0.456 e. The molecule has 0 saturated heterocycles. The van der Waals surface area contributed by atoms with Gasteiger partial charge in [-0.05, 0) is 30.9 Å². The Morgan fingerprint density at radius 2 is 2.40 bits per heavy atom. The third-order valence-electron chi connectivity index (χ3n) is 2.50. The van der Waals surface area contributed by atoms with Gasteiger partial charge in [-0.15, -0.1) is 0 Å². The van der Waals surface area contributed by atoms with Gasteiger partial charge in [0, 0.05) is 6.92 Å².